The van der Waals surface area contributed by atoms with Gasteiger partial charge in [0.05, 0.1) is 16.0 Å². The predicted octanol–water partition coefficient (Wildman–Crippen LogP) is 2.84. The van der Waals surface area contributed by atoms with Gasteiger partial charge < -0.3 is 10.1 Å². The number of benzene rings is 3. The van der Waals surface area contributed by atoms with E-state index in [0.717, 1.165) is 6.07 Å². The van der Waals surface area contributed by atoms with Crippen molar-refractivity contribution in [3.63, 3.8) is 0 Å². The van der Waals surface area contributed by atoms with Gasteiger partial charge in [-0.25, -0.2) is 18.1 Å². The lowest BCUT2D eigenvalue weighted by Crippen LogP contribution is -2.39. The van der Waals surface area contributed by atoms with Crippen LogP contribution in [-0.2, 0) is 19.6 Å². The monoisotopic (exact) mass is 553 g/mol. The second-order valence-electron chi connectivity index (χ2n) is 8.44. The summed E-state index contributed by atoms with van der Waals surface area (Å²) in [6.45, 7) is 2.79. The van der Waals surface area contributed by atoms with Gasteiger partial charge in [0, 0.05) is 12.1 Å². The molecule has 12 nitrogen and oxygen atoms in total. The smallest absolute Gasteiger partial charge is 0.293 e. The quantitative estimate of drug-likeness (QED) is 0.198. The number of carbonyl (C=O) groups excluding carboxylic acids is 2. The predicted molar refractivity (Wildman–Crippen MR) is 145 cm³/mol. The topological polar surface area (TPSA) is 160 Å². The number of ether oxygens (including phenoxy) is 1. The Morgan fingerprint density at radius 3 is 2.28 bits per heavy atom. The van der Waals surface area contributed by atoms with E-state index in [2.05, 4.69) is 15.8 Å². The van der Waals surface area contributed by atoms with Crippen molar-refractivity contribution in [3.05, 3.63) is 94.5 Å². The van der Waals surface area contributed by atoms with E-state index in [1.165, 1.54) is 48.7 Å². The van der Waals surface area contributed by atoms with E-state index in [1.54, 1.807) is 30.3 Å². The molecule has 0 saturated heterocycles. The Morgan fingerprint density at radius 2 is 1.64 bits per heavy atom. The first-order chi connectivity index (χ1) is 18.6. The van der Waals surface area contributed by atoms with E-state index in [1.807, 2.05) is 13.8 Å². The van der Waals surface area contributed by atoms with Gasteiger partial charge in [0.25, 0.3) is 27.5 Å². The van der Waals surface area contributed by atoms with Crippen LogP contribution in [-0.4, -0.2) is 50.6 Å². The second-order valence-corrected chi connectivity index (χ2v) is 10.3. The summed E-state index contributed by atoms with van der Waals surface area (Å²) in [5.41, 5.74) is 2.10. The molecule has 0 bridgehead atoms. The third-order valence-corrected chi connectivity index (χ3v) is 6.84. The van der Waals surface area contributed by atoms with Gasteiger partial charge in [-0.3, -0.25) is 19.7 Å². The molecule has 0 radical (unpaired) electrons. The fraction of sp³-hybridized carbons (Fsp3) is 0.192. The first-order valence-electron chi connectivity index (χ1n) is 11.7. The molecule has 0 aliphatic carbocycles. The Hall–Kier alpha value is -4.78. The number of carbonyl (C=O) groups is 2. The van der Waals surface area contributed by atoms with Gasteiger partial charge in [-0.2, -0.15) is 5.10 Å². The van der Waals surface area contributed by atoms with E-state index in [0.29, 0.717) is 15.6 Å². The molecule has 13 heteroatoms. The van der Waals surface area contributed by atoms with E-state index < -0.39 is 33.1 Å². The van der Waals surface area contributed by atoms with Crippen LogP contribution in [0.3, 0.4) is 0 Å². The van der Waals surface area contributed by atoms with Gasteiger partial charge in [0.15, 0.2) is 6.61 Å². The van der Waals surface area contributed by atoms with Gasteiger partial charge in [-0.15, -0.1) is 0 Å². The summed E-state index contributed by atoms with van der Waals surface area (Å²) in [6.07, 6.45) is 1.33. The first kappa shape index (κ1) is 28.8. The van der Waals surface area contributed by atoms with Crippen LogP contribution in [0.15, 0.2) is 88.9 Å². The molecule has 3 rings (SSSR count). The highest BCUT2D eigenvalue weighted by atomic mass is 32.2. The highest BCUT2D eigenvalue weighted by molar-refractivity contribution is 7.92. The maximum Gasteiger partial charge on any atom is 0.293 e. The van der Waals surface area contributed by atoms with Crippen LogP contribution in [0.5, 0.6) is 5.75 Å². The summed E-state index contributed by atoms with van der Waals surface area (Å²) < 4.78 is 32.8. The van der Waals surface area contributed by atoms with Crippen molar-refractivity contribution in [2.75, 3.05) is 17.5 Å². The van der Waals surface area contributed by atoms with Crippen LogP contribution in [0.4, 0.5) is 11.4 Å². The summed E-state index contributed by atoms with van der Waals surface area (Å²) in [7, 11) is -4.33. The normalized spacial score (nSPS) is 11.3. The van der Waals surface area contributed by atoms with Gasteiger partial charge in [-0.05, 0) is 61.9 Å². The number of hydrogen-bond donors (Lipinski definition) is 2. The largest absolute Gasteiger partial charge is 0.484 e. The minimum Gasteiger partial charge on any atom is -0.484 e. The number of nitrogens with zero attached hydrogens (tertiary/aromatic N) is 3. The molecule has 204 valence electrons. The van der Waals surface area contributed by atoms with Crippen LogP contribution in [0.25, 0.3) is 0 Å². The number of para-hydroxylation sites is 2. The molecule has 3 aromatic carbocycles. The number of rotatable bonds is 12. The zero-order valence-electron chi connectivity index (χ0n) is 21.2. The molecule has 3 aromatic rings. The number of hydrazone groups is 1. The molecule has 0 unspecified atom stereocenters. The molecule has 0 aliphatic heterocycles. The van der Waals surface area contributed by atoms with Crippen LogP contribution < -0.4 is 19.8 Å². The average Bonchev–Trinajstić information content (AvgIpc) is 2.91. The van der Waals surface area contributed by atoms with E-state index in [9.17, 15) is 28.1 Å². The lowest BCUT2D eigenvalue weighted by molar-refractivity contribution is -0.384. The van der Waals surface area contributed by atoms with Crippen LogP contribution >= 0.6 is 0 Å². The minimum atomic E-state index is -4.33. The van der Waals surface area contributed by atoms with E-state index in [-0.39, 0.29) is 29.1 Å². The van der Waals surface area contributed by atoms with Crippen LogP contribution in [0.1, 0.15) is 19.4 Å². The number of amides is 2. The van der Waals surface area contributed by atoms with E-state index >= 15 is 0 Å². The fourth-order valence-electron chi connectivity index (χ4n) is 3.36. The Balaban J connectivity index is 1.71. The van der Waals surface area contributed by atoms with Crippen molar-refractivity contribution in [3.8, 4) is 5.75 Å². The lowest BCUT2D eigenvalue weighted by atomic mass is 10.2. The molecule has 0 saturated carbocycles. The van der Waals surface area contributed by atoms with Crippen LogP contribution in [0.2, 0.25) is 0 Å². The molecule has 0 fully saturated rings. The molecule has 2 amide bonds. The molecule has 2 N–H and O–H groups in total. The molecule has 0 heterocycles. The fourth-order valence-corrected chi connectivity index (χ4v) is 4.81. The minimum absolute atomic E-state index is 0.00299. The molecular weight excluding hydrogens is 526 g/mol. The Morgan fingerprint density at radius 1 is 1.00 bits per heavy atom. The number of hydrogen-bond acceptors (Lipinski definition) is 8. The van der Waals surface area contributed by atoms with Crippen molar-refractivity contribution in [1.82, 2.24) is 10.7 Å². The van der Waals surface area contributed by atoms with Gasteiger partial charge in [-0.1, -0.05) is 30.3 Å². The standard InChI is InChI=1S/C26H27N5O7S/c1-19(2)28-26(33)18-38-21-14-12-20(13-15-21)16-27-29-25(32)17-30(23-10-6-7-11-24(23)31(34)35)39(36,37)22-8-4-3-5-9-22/h3-16,19H,17-18H2,1-2H3,(H,28,33)(H,29,32)/b27-16-. The number of nitro groups is 1. The number of sulfonamides is 1. The summed E-state index contributed by atoms with van der Waals surface area (Å²) in [4.78, 5) is 35.1. The Labute approximate surface area is 225 Å². The van der Waals surface area contributed by atoms with E-state index in [4.69, 9.17) is 4.74 Å². The molecule has 39 heavy (non-hydrogen) atoms. The number of nitro benzene ring substituents is 1. The van der Waals surface area contributed by atoms with Crippen molar-refractivity contribution >= 4 is 39.4 Å². The number of anilines is 1. The maximum absolute atomic E-state index is 13.4. The molecule has 0 spiro atoms. The van der Waals surface area contributed by atoms with Crippen molar-refractivity contribution in [2.24, 2.45) is 5.10 Å². The number of nitrogens with one attached hydrogen (secondary N) is 2. The van der Waals surface area contributed by atoms with Crippen molar-refractivity contribution in [1.29, 1.82) is 0 Å². The van der Waals surface area contributed by atoms with Crippen molar-refractivity contribution in [2.45, 2.75) is 24.8 Å². The first-order valence-corrected chi connectivity index (χ1v) is 13.2. The molecule has 0 atom stereocenters. The zero-order valence-corrected chi connectivity index (χ0v) is 22.0. The molecular formula is C26H27N5O7S. The second kappa shape index (κ2) is 13.1. The van der Waals surface area contributed by atoms with Gasteiger partial charge in [0.1, 0.15) is 18.0 Å². The van der Waals surface area contributed by atoms with Gasteiger partial charge >= 0.3 is 0 Å². The Bertz CT molecular complexity index is 1440. The Kier molecular flexibility index (Phi) is 9.70. The summed E-state index contributed by atoms with van der Waals surface area (Å²) in [6, 6.07) is 19.1. The SMILES string of the molecule is CC(C)NC(=O)COc1ccc(/C=N\NC(=O)CN(c2ccccc2[N+](=O)[O-])S(=O)(=O)c2ccccc2)cc1. The average molecular weight is 554 g/mol. The summed E-state index contributed by atoms with van der Waals surface area (Å²) in [5, 5.41) is 18.1. The third kappa shape index (κ3) is 8.10. The summed E-state index contributed by atoms with van der Waals surface area (Å²) >= 11 is 0. The highest BCUT2D eigenvalue weighted by Gasteiger charge is 2.31. The van der Waals surface area contributed by atoms with Gasteiger partial charge in [0.2, 0.25) is 0 Å². The lowest BCUT2D eigenvalue weighted by Gasteiger charge is -2.23. The summed E-state index contributed by atoms with van der Waals surface area (Å²) in [5.74, 6) is -0.608. The zero-order chi connectivity index (χ0) is 28.4. The van der Waals surface area contributed by atoms with Crippen LogP contribution in [0, 0.1) is 10.1 Å². The third-order valence-electron chi connectivity index (χ3n) is 5.07. The molecule has 0 aromatic heterocycles. The van der Waals surface area contributed by atoms with Crippen molar-refractivity contribution < 1.29 is 27.7 Å². The maximum atomic E-state index is 13.4. The highest BCUT2D eigenvalue weighted by Crippen LogP contribution is 2.31. The molecule has 0 aliphatic rings.